The van der Waals surface area contributed by atoms with Gasteiger partial charge in [-0.1, -0.05) is 6.92 Å². The van der Waals surface area contributed by atoms with Crippen LogP contribution in [0.3, 0.4) is 0 Å². The van der Waals surface area contributed by atoms with Crippen LogP contribution in [-0.2, 0) is 0 Å². The summed E-state index contributed by atoms with van der Waals surface area (Å²) >= 11 is 1.81. The number of hydrogen-bond donors (Lipinski definition) is 2. The van der Waals surface area contributed by atoms with Gasteiger partial charge < -0.3 is 16.0 Å². The van der Waals surface area contributed by atoms with E-state index in [1.54, 1.807) is 19.2 Å². The summed E-state index contributed by atoms with van der Waals surface area (Å²) in [6.45, 7) is 2.16. The number of thioether (sulfide) groups is 1. The first-order chi connectivity index (χ1) is 9.04. The van der Waals surface area contributed by atoms with E-state index < -0.39 is 0 Å². The number of benzene rings is 1. The molecule has 0 aliphatic heterocycles. The van der Waals surface area contributed by atoms with Crippen LogP contribution in [0.25, 0.3) is 0 Å². The molecule has 3 N–H and O–H groups in total. The molecule has 0 saturated heterocycles. The highest BCUT2D eigenvalue weighted by atomic mass is 32.2. The number of nitrogens with one attached hydrogen (secondary N) is 1. The fourth-order valence-corrected chi connectivity index (χ4v) is 2.90. The Bertz CT molecular complexity index is 437. The highest BCUT2D eigenvalue weighted by Crippen LogP contribution is 2.26. The van der Waals surface area contributed by atoms with E-state index in [0.717, 1.165) is 17.9 Å². The zero-order chi connectivity index (χ0) is 14.4. The Morgan fingerprint density at radius 1 is 1.53 bits per heavy atom. The Balaban J connectivity index is 3.15. The Labute approximate surface area is 119 Å². The van der Waals surface area contributed by atoms with Crippen LogP contribution in [0.1, 0.15) is 23.7 Å². The maximum atomic E-state index is 11.9. The summed E-state index contributed by atoms with van der Waals surface area (Å²) in [6.07, 6.45) is 3.12. The number of anilines is 2. The molecule has 0 radical (unpaired) electrons. The molecule has 0 aromatic heterocycles. The number of rotatable bonds is 6. The van der Waals surface area contributed by atoms with Gasteiger partial charge in [-0.15, -0.1) is 0 Å². The van der Waals surface area contributed by atoms with Gasteiger partial charge in [0.2, 0.25) is 0 Å². The Morgan fingerprint density at radius 3 is 2.74 bits per heavy atom. The largest absolute Gasteiger partial charge is 0.399 e. The van der Waals surface area contributed by atoms with Crippen LogP contribution in [-0.4, -0.2) is 38.1 Å². The van der Waals surface area contributed by atoms with Gasteiger partial charge in [-0.3, -0.25) is 4.79 Å². The molecule has 1 atom stereocenters. The average Bonchev–Trinajstić information content (AvgIpc) is 2.43. The molecule has 1 rings (SSSR count). The first-order valence-electron chi connectivity index (χ1n) is 6.38. The lowest BCUT2D eigenvalue weighted by molar-refractivity contribution is 0.0963. The summed E-state index contributed by atoms with van der Waals surface area (Å²) in [5, 5.41) is 2.67. The zero-order valence-corrected chi connectivity index (χ0v) is 12.9. The van der Waals surface area contributed by atoms with Crippen LogP contribution in [0.15, 0.2) is 18.2 Å². The first kappa shape index (κ1) is 15.7. The number of carbonyl (C=O) groups is 1. The highest BCUT2D eigenvalue weighted by Gasteiger charge is 2.19. The van der Waals surface area contributed by atoms with Crippen molar-refractivity contribution in [1.29, 1.82) is 0 Å². The number of nitrogens with two attached hydrogens (primary N) is 1. The standard InChI is InChI=1S/C14H23N3OS/c1-5-11(9-19-4)17(3)13-8-10(15)6-7-12(13)14(18)16-2/h6-8,11H,5,9,15H2,1-4H3,(H,16,18). The van der Waals surface area contributed by atoms with Crippen LogP contribution in [0.4, 0.5) is 11.4 Å². The van der Waals surface area contributed by atoms with Gasteiger partial charge in [0.1, 0.15) is 0 Å². The van der Waals surface area contributed by atoms with Crippen molar-refractivity contribution in [2.45, 2.75) is 19.4 Å². The Kier molecular flexibility index (Phi) is 6.02. The summed E-state index contributed by atoms with van der Waals surface area (Å²) in [6, 6.07) is 5.80. The van der Waals surface area contributed by atoms with Gasteiger partial charge in [0.25, 0.3) is 5.91 Å². The van der Waals surface area contributed by atoms with E-state index in [2.05, 4.69) is 23.4 Å². The molecule has 106 valence electrons. The van der Waals surface area contributed by atoms with Crippen molar-refractivity contribution in [3.8, 4) is 0 Å². The van der Waals surface area contributed by atoms with Crippen molar-refractivity contribution in [2.24, 2.45) is 0 Å². The van der Waals surface area contributed by atoms with Crippen molar-refractivity contribution in [3.63, 3.8) is 0 Å². The average molecular weight is 281 g/mol. The van der Waals surface area contributed by atoms with Crippen molar-refractivity contribution in [2.75, 3.05) is 36.7 Å². The molecular weight excluding hydrogens is 258 g/mol. The lowest BCUT2D eigenvalue weighted by Gasteiger charge is -2.30. The van der Waals surface area contributed by atoms with Gasteiger partial charge >= 0.3 is 0 Å². The minimum Gasteiger partial charge on any atom is -0.399 e. The normalized spacial score (nSPS) is 12.0. The lowest BCUT2D eigenvalue weighted by atomic mass is 10.1. The second-order valence-corrected chi connectivity index (χ2v) is 5.39. The minimum absolute atomic E-state index is 0.0825. The smallest absolute Gasteiger partial charge is 0.253 e. The number of amides is 1. The summed E-state index contributed by atoms with van der Waals surface area (Å²) in [5.41, 5.74) is 8.09. The molecule has 1 unspecified atom stereocenters. The van der Waals surface area contributed by atoms with Crippen LogP contribution in [0, 0.1) is 0 Å². The Hall–Kier alpha value is -1.36. The summed E-state index contributed by atoms with van der Waals surface area (Å²) in [7, 11) is 3.66. The van der Waals surface area contributed by atoms with Gasteiger partial charge in [-0.2, -0.15) is 11.8 Å². The molecule has 1 amide bonds. The molecule has 1 aromatic rings. The van der Waals surface area contributed by atoms with Crippen LogP contribution < -0.4 is 16.0 Å². The summed E-state index contributed by atoms with van der Waals surface area (Å²) < 4.78 is 0. The van der Waals surface area contributed by atoms with Gasteiger partial charge in [-0.05, 0) is 30.9 Å². The maximum absolute atomic E-state index is 11.9. The fraction of sp³-hybridized carbons (Fsp3) is 0.500. The first-order valence-corrected chi connectivity index (χ1v) is 7.77. The molecule has 0 saturated carbocycles. The van der Waals surface area contributed by atoms with Gasteiger partial charge in [0.15, 0.2) is 0 Å². The number of carbonyl (C=O) groups excluding carboxylic acids is 1. The van der Waals surface area contributed by atoms with Crippen molar-refractivity contribution in [3.05, 3.63) is 23.8 Å². The molecule has 0 heterocycles. The van der Waals surface area contributed by atoms with Crippen molar-refractivity contribution in [1.82, 2.24) is 5.32 Å². The van der Waals surface area contributed by atoms with Crippen LogP contribution in [0.5, 0.6) is 0 Å². The monoisotopic (exact) mass is 281 g/mol. The molecule has 5 heteroatoms. The predicted molar refractivity (Wildman–Crippen MR) is 85.1 cm³/mol. The molecule has 19 heavy (non-hydrogen) atoms. The third-order valence-electron chi connectivity index (χ3n) is 3.25. The van der Waals surface area contributed by atoms with E-state index in [1.807, 2.05) is 24.9 Å². The number of hydrogen-bond acceptors (Lipinski definition) is 4. The quantitative estimate of drug-likeness (QED) is 0.785. The van der Waals surface area contributed by atoms with Crippen molar-refractivity contribution < 1.29 is 4.79 Å². The molecule has 1 aromatic carbocycles. The molecule has 0 bridgehead atoms. The van der Waals surface area contributed by atoms with E-state index in [-0.39, 0.29) is 5.91 Å². The van der Waals surface area contributed by atoms with Gasteiger partial charge in [-0.25, -0.2) is 0 Å². The topological polar surface area (TPSA) is 58.4 Å². The third-order valence-corrected chi connectivity index (χ3v) is 3.97. The molecule has 0 fully saturated rings. The number of nitrogen functional groups attached to an aromatic ring is 1. The van der Waals surface area contributed by atoms with Gasteiger partial charge in [0.05, 0.1) is 11.3 Å². The second-order valence-electron chi connectivity index (χ2n) is 4.48. The third kappa shape index (κ3) is 3.80. The summed E-state index contributed by atoms with van der Waals surface area (Å²) in [4.78, 5) is 14.1. The second kappa shape index (κ2) is 7.28. The predicted octanol–water partition coefficient (Wildman–Crippen LogP) is 2.21. The molecule has 0 aliphatic carbocycles. The molecule has 0 spiro atoms. The van der Waals surface area contributed by atoms with E-state index >= 15 is 0 Å². The highest BCUT2D eigenvalue weighted by molar-refractivity contribution is 7.98. The zero-order valence-electron chi connectivity index (χ0n) is 12.1. The number of nitrogens with zero attached hydrogens (tertiary/aromatic N) is 1. The fourth-order valence-electron chi connectivity index (χ4n) is 2.06. The van der Waals surface area contributed by atoms with E-state index in [1.165, 1.54) is 0 Å². The van der Waals surface area contributed by atoms with E-state index in [4.69, 9.17) is 5.73 Å². The summed E-state index contributed by atoms with van der Waals surface area (Å²) in [5.74, 6) is 0.940. The Morgan fingerprint density at radius 2 is 2.21 bits per heavy atom. The van der Waals surface area contributed by atoms with Crippen molar-refractivity contribution >= 4 is 29.0 Å². The maximum Gasteiger partial charge on any atom is 0.253 e. The van der Waals surface area contributed by atoms with E-state index in [0.29, 0.717) is 17.3 Å². The SMILES string of the molecule is CCC(CSC)N(C)c1cc(N)ccc1C(=O)NC. The minimum atomic E-state index is -0.0825. The van der Waals surface area contributed by atoms with Gasteiger partial charge in [0, 0.05) is 31.6 Å². The van der Waals surface area contributed by atoms with Crippen LogP contribution in [0.2, 0.25) is 0 Å². The van der Waals surface area contributed by atoms with Crippen LogP contribution >= 0.6 is 11.8 Å². The van der Waals surface area contributed by atoms with E-state index in [9.17, 15) is 4.79 Å². The molecular formula is C14H23N3OS. The lowest BCUT2D eigenvalue weighted by Crippen LogP contribution is -2.35. The molecule has 0 aliphatic rings. The molecule has 4 nitrogen and oxygen atoms in total.